The largest absolute Gasteiger partial charge is 0.430 e. The van der Waals surface area contributed by atoms with E-state index in [0.717, 1.165) is 10.7 Å². The number of nitrogens with zero attached hydrogens (tertiary/aromatic N) is 2. The summed E-state index contributed by atoms with van der Waals surface area (Å²) >= 11 is 1.62. The molecule has 0 aliphatic heterocycles. The molecule has 5 aromatic rings. The van der Waals surface area contributed by atoms with Crippen LogP contribution in [0.15, 0.2) is 99.7 Å². The van der Waals surface area contributed by atoms with Crippen LogP contribution in [-0.2, 0) is 0 Å². The maximum Gasteiger partial charge on any atom is 0.227 e. The van der Waals surface area contributed by atoms with Crippen LogP contribution in [0.1, 0.15) is 0 Å². The van der Waals surface area contributed by atoms with Gasteiger partial charge in [-0.05, 0) is 51.5 Å². The SMILES string of the molecule is c1ccc2c(Sc3cnc(-c4ccncc4)o3)c3ccccc3cc2c1. The summed E-state index contributed by atoms with van der Waals surface area (Å²) in [6.07, 6.45) is 5.27. The van der Waals surface area contributed by atoms with Crippen molar-refractivity contribution in [2.45, 2.75) is 9.99 Å². The van der Waals surface area contributed by atoms with E-state index in [9.17, 15) is 0 Å². The molecule has 0 bridgehead atoms. The van der Waals surface area contributed by atoms with Gasteiger partial charge in [-0.15, -0.1) is 0 Å². The second-order valence-electron chi connectivity index (χ2n) is 5.97. The molecule has 0 fully saturated rings. The molecule has 3 aromatic carbocycles. The summed E-state index contributed by atoms with van der Waals surface area (Å²) in [5.41, 5.74) is 0.926. The number of hydrogen-bond donors (Lipinski definition) is 0. The van der Waals surface area contributed by atoms with E-state index < -0.39 is 0 Å². The monoisotopic (exact) mass is 354 g/mol. The highest BCUT2D eigenvalue weighted by Gasteiger charge is 2.13. The van der Waals surface area contributed by atoms with Gasteiger partial charge in [0.15, 0.2) is 5.09 Å². The van der Waals surface area contributed by atoms with Crippen LogP contribution in [0.2, 0.25) is 0 Å². The van der Waals surface area contributed by atoms with Gasteiger partial charge in [-0.3, -0.25) is 4.98 Å². The lowest BCUT2D eigenvalue weighted by molar-refractivity contribution is 0.484. The van der Waals surface area contributed by atoms with Crippen molar-refractivity contribution in [3.05, 3.63) is 85.3 Å². The van der Waals surface area contributed by atoms with Gasteiger partial charge in [0.05, 0.1) is 6.20 Å². The van der Waals surface area contributed by atoms with Crippen LogP contribution in [0.5, 0.6) is 0 Å². The molecule has 2 heterocycles. The van der Waals surface area contributed by atoms with Gasteiger partial charge in [-0.2, -0.15) is 0 Å². The van der Waals surface area contributed by atoms with Crippen molar-refractivity contribution in [2.24, 2.45) is 0 Å². The smallest absolute Gasteiger partial charge is 0.227 e. The Kier molecular flexibility index (Phi) is 3.68. The van der Waals surface area contributed by atoms with Crippen molar-refractivity contribution in [3.63, 3.8) is 0 Å². The number of aromatic nitrogens is 2. The van der Waals surface area contributed by atoms with Crippen molar-refractivity contribution in [3.8, 4) is 11.5 Å². The highest BCUT2D eigenvalue weighted by molar-refractivity contribution is 7.99. The lowest BCUT2D eigenvalue weighted by atomic mass is 10.0. The molecular formula is C22H14N2OS. The van der Waals surface area contributed by atoms with Crippen molar-refractivity contribution in [1.82, 2.24) is 9.97 Å². The third kappa shape index (κ3) is 2.65. The van der Waals surface area contributed by atoms with E-state index in [2.05, 4.69) is 64.6 Å². The third-order valence-electron chi connectivity index (χ3n) is 4.34. The minimum Gasteiger partial charge on any atom is -0.430 e. The molecule has 0 radical (unpaired) electrons. The fraction of sp³-hybridized carbons (Fsp3) is 0. The number of hydrogen-bond acceptors (Lipinski definition) is 4. The first-order valence-electron chi connectivity index (χ1n) is 8.33. The summed E-state index contributed by atoms with van der Waals surface area (Å²) in [6, 6.07) is 22.9. The quantitative estimate of drug-likeness (QED) is 0.362. The summed E-state index contributed by atoms with van der Waals surface area (Å²) in [7, 11) is 0. The van der Waals surface area contributed by atoms with Crippen LogP contribution in [0.4, 0.5) is 0 Å². The summed E-state index contributed by atoms with van der Waals surface area (Å²) in [4.78, 5) is 9.66. The molecular weight excluding hydrogens is 340 g/mol. The lowest BCUT2D eigenvalue weighted by Gasteiger charge is -2.09. The zero-order valence-electron chi connectivity index (χ0n) is 13.8. The second-order valence-corrected chi connectivity index (χ2v) is 6.99. The molecule has 0 saturated heterocycles. The number of benzene rings is 3. The third-order valence-corrected chi connectivity index (χ3v) is 5.37. The topological polar surface area (TPSA) is 38.9 Å². The lowest BCUT2D eigenvalue weighted by Crippen LogP contribution is -1.82. The standard InChI is InChI=1S/C22H14N2OS/c1-3-7-18-16(5-1)13-17-6-2-4-8-19(17)21(18)26-20-14-24-22(25-20)15-9-11-23-12-10-15/h1-14H. The van der Waals surface area contributed by atoms with Crippen LogP contribution in [0.3, 0.4) is 0 Å². The van der Waals surface area contributed by atoms with Crippen LogP contribution in [0.25, 0.3) is 33.0 Å². The Morgan fingerprint density at radius 3 is 2.12 bits per heavy atom. The molecule has 3 nitrogen and oxygen atoms in total. The van der Waals surface area contributed by atoms with E-state index in [1.165, 1.54) is 26.4 Å². The summed E-state index contributed by atoms with van der Waals surface area (Å²) in [5, 5.41) is 5.67. The number of fused-ring (bicyclic) bond motifs is 2. The van der Waals surface area contributed by atoms with E-state index in [0.29, 0.717) is 5.89 Å². The van der Waals surface area contributed by atoms with E-state index >= 15 is 0 Å². The molecule has 0 amide bonds. The number of rotatable bonds is 3. The zero-order valence-corrected chi connectivity index (χ0v) is 14.6. The molecule has 4 heteroatoms. The molecule has 0 aliphatic carbocycles. The Labute approximate surface area is 154 Å². The molecule has 0 aliphatic rings. The van der Waals surface area contributed by atoms with Crippen molar-refractivity contribution in [2.75, 3.05) is 0 Å². The molecule has 124 valence electrons. The Bertz CT molecular complexity index is 1160. The number of pyridine rings is 1. The molecule has 26 heavy (non-hydrogen) atoms. The van der Waals surface area contributed by atoms with Gasteiger partial charge in [-0.1, -0.05) is 48.5 Å². The van der Waals surface area contributed by atoms with E-state index in [-0.39, 0.29) is 0 Å². The van der Waals surface area contributed by atoms with Gasteiger partial charge in [0.25, 0.3) is 0 Å². The van der Waals surface area contributed by atoms with Crippen molar-refractivity contribution >= 4 is 33.3 Å². The van der Waals surface area contributed by atoms with Crippen LogP contribution >= 0.6 is 11.8 Å². The van der Waals surface area contributed by atoms with Crippen molar-refractivity contribution < 1.29 is 4.42 Å². The Morgan fingerprint density at radius 2 is 1.42 bits per heavy atom. The average Bonchev–Trinajstić information content (AvgIpc) is 3.17. The predicted molar refractivity (Wildman–Crippen MR) is 105 cm³/mol. The van der Waals surface area contributed by atoms with Gasteiger partial charge in [0.2, 0.25) is 5.89 Å². The van der Waals surface area contributed by atoms with E-state index in [4.69, 9.17) is 4.42 Å². The van der Waals surface area contributed by atoms with Crippen LogP contribution in [-0.4, -0.2) is 9.97 Å². The molecule has 0 unspecified atom stereocenters. The van der Waals surface area contributed by atoms with Gasteiger partial charge in [0.1, 0.15) is 0 Å². The maximum atomic E-state index is 6.00. The first-order valence-corrected chi connectivity index (χ1v) is 9.15. The first kappa shape index (κ1) is 15.2. The summed E-state index contributed by atoms with van der Waals surface area (Å²) in [5.74, 6) is 0.611. The molecule has 0 saturated carbocycles. The van der Waals surface area contributed by atoms with Crippen LogP contribution < -0.4 is 0 Å². The molecule has 0 atom stereocenters. The molecule has 0 N–H and O–H groups in total. The minimum absolute atomic E-state index is 0.611. The Morgan fingerprint density at radius 1 is 0.769 bits per heavy atom. The highest BCUT2D eigenvalue weighted by atomic mass is 32.2. The molecule has 2 aromatic heterocycles. The van der Waals surface area contributed by atoms with E-state index in [1.807, 2.05) is 12.1 Å². The van der Waals surface area contributed by atoms with Gasteiger partial charge in [0, 0.05) is 22.9 Å². The Balaban J connectivity index is 1.64. The van der Waals surface area contributed by atoms with Crippen molar-refractivity contribution in [1.29, 1.82) is 0 Å². The fourth-order valence-electron chi connectivity index (χ4n) is 3.12. The molecule has 5 rings (SSSR count). The predicted octanol–water partition coefficient (Wildman–Crippen LogP) is 6.19. The van der Waals surface area contributed by atoms with E-state index in [1.54, 1.807) is 30.4 Å². The number of oxazole rings is 1. The maximum absolute atomic E-state index is 6.00. The second kappa shape index (κ2) is 6.32. The Hall–Kier alpha value is -3.11. The van der Waals surface area contributed by atoms with Gasteiger partial charge < -0.3 is 4.42 Å². The molecule has 0 spiro atoms. The van der Waals surface area contributed by atoms with Crippen LogP contribution in [0, 0.1) is 0 Å². The highest BCUT2D eigenvalue weighted by Crippen LogP contribution is 2.40. The average molecular weight is 354 g/mol. The zero-order chi connectivity index (χ0) is 17.3. The van der Waals surface area contributed by atoms with Gasteiger partial charge >= 0.3 is 0 Å². The fourth-order valence-corrected chi connectivity index (χ4v) is 4.14. The normalized spacial score (nSPS) is 11.2. The first-order chi connectivity index (χ1) is 12.9. The minimum atomic E-state index is 0.611. The summed E-state index contributed by atoms with van der Waals surface area (Å²) < 4.78 is 6.00. The summed E-state index contributed by atoms with van der Waals surface area (Å²) in [6.45, 7) is 0. The van der Waals surface area contributed by atoms with Gasteiger partial charge in [-0.25, -0.2) is 4.98 Å².